The van der Waals surface area contributed by atoms with Crippen molar-refractivity contribution in [3.8, 4) is 0 Å². The SMILES string of the molecule is CC(C)(C)OC(=O)c1ccc(Cl)c(C=CCO)c1Cl. The van der Waals surface area contributed by atoms with Crippen LogP contribution in [0, 0.1) is 0 Å². The van der Waals surface area contributed by atoms with E-state index in [1.807, 2.05) is 0 Å². The molecule has 1 N–H and O–H groups in total. The molecule has 3 nitrogen and oxygen atoms in total. The summed E-state index contributed by atoms with van der Waals surface area (Å²) in [4.78, 5) is 12.0. The quantitative estimate of drug-likeness (QED) is 0.860. The van der Waals surface area contributed by atoms with Crippen LogP contribution in [-0.2, 0) is 4.74 Å². The number of ether oxygens (including phenoxy) is 1. The van der Waals surface area contributed by atoms with E-state index < -0.39 is 11.6 Å². The van der Waals surface area contributed by atoms with Crippen molar-refractivity contribution in [3.63, 3.8) is 0 Å². The van der Waals surface area contributed by atoms with Gasteiger partial charge < -0.3 is 9.84 Å². The van der Waals surface area contributed by atoms with Gasteiger partial charge in [0.1, 0.15) is 5.60 Å². The van der Waals surface area contributed by atoms with E-state index in [9.17, 15) is 4.79 Å². The lowest BCUT2D eigenvalue weighted by atomic mass is 10.1. The molecule has 0 aliphatic carbocycles. The van der Waals surface area contributed by atoms with E-state index in [0.717, 1.165) is 0 Å². The molecular weight excluding hydrogens is 287 g/mol. The van der Waals surface area contributed by atoms with Gasteiger partial charge in [-0.3, -0.25) is 0 Å². The molecule has 0 heterocycles. The van der Waals surface area contributed by atoms with Gasteiger partial charge in [-0.15, -0.1) is 0 Å². The number of carbonyl (C=O) groups excluding carboxylic acids is 1. The number of esters is 1. The van der Waals surface area contributed by atoms with Crippen LogP contribution in [0.3, 0.4) is 0 Å². The Kier molecular flexibility index (Phi) is 5.41. The van der Waals surface area contributed by atoms with Crippen LogP contribution in [-0.4, -0.2) is 23.3 Å². The number of hydrogen-bond acceptors (Lipinski definition) is 3. The number of benzene rings is 1. The zero-order valence-corrected chi connectivity index (χ0v) is 12.5. The normalized spacial score (nSPS) is 11.9. The fourth-order valence-electron chi connectivity index (χ4n) is 1.38. The second kappa shape index (κ2) is 6.42. The Balaban J connectivity index is 3.17. The lowest BCUT2D eigenvalue weighted by Crippen LogP contribution is -2.24. The van der Waals surface area contributed by atoms with Gasteiger partial charge >= 0.3 is 5.97 Å². The molecule has 1 rings (SSSR count). The van der Waals surface area contributed by atoms with Crippen molar-refractivity contribution in [2.75, 3.05) is 6.61 Å². The van der Waals surface area contributed by atoms with E-state index in [-0.39, 0.29) is 17.2 Å². The molecular formula is C14H16Cl2O3. The first kappa shape index (κ1) is 16.0. The summed E-state index contributed by atoms with van der Waals surface area (Å²) in [7, 11) is 0. The highest BCUT2D eigenvalue weighted by Crippen LogP contribution is 2.30. The first-order chi connectivity index (χ1) is 8.76. The van der Waals surface area contributed by atoms with Gasteiger partial charge in [-0.1, -0.05) is 35.4 Å². The zero-order valence-electron chi connectivity index (χ0n) is 11.0. The van der Waals surface area contributed by atoms with Crippen LogP contribution in [0.1, 0.15) is 36.7 Å². The highest BCUT2D eigenvalue weighted by Gasteiger charge is 2.21. The molecule has 0 amide bonds. The predicted molar refractivity (Wildman–Crippen MR) is 77.8 cm³/mol. The van der Waals surface area contributed by atoms with Crippen molar-refractivity contribution in [1.29, 1.82) is 0 Å². The van der Waals surface area contributed by atoms with Gasteiger partial charge in [0.15, 0.2) is 0 Å². The molecule has 0 saturated carbocycles. The summed E-state index contributed by atoms with van der Waals surface area (Å²) in [5.74, 6) is -0.507. The Morgan fingerprint density at radius 1 is 1.37 bits per heavy atom. The minimum absolute atomic E-state index is 0.136. The van der Waals surface area contributed by atoms with E-state index in [0.29, 0.717) is 10.6 Å². The van der Waals surface area contributed by atoms with Crippen molar-refractivity contribution in [2.45, 2.75) is 26.4 Å². The molecule has 0 fully saturated rings. The molecule has 0 aliphatic rings. The lowest BCUT2D eigenvalue weighted by molar-refractivity contribution is 0.00697. The van der Waals surface area contributed by atoms with Gasteiger partial charge in [0.2, 0.25) is 0 Å². The molecule has 19 heavy (non-hydrogen) atoms. The Morgan fingerprint density at radius 3 is 2.53 bits per heavy atom. The second-order valence-electron chi connectivity index (χ2n) is 4.91. The maximum Gasteiger partial charge on any atom is 0.340 e. The summed E-state index contributed by atoms with van der Waals surface area (Å²) in [6, 6.07) is 3.10. The minimum atomic E-state index is -0.596. The van der Waals surface area contributed by atoms with Crippen LogP contribution in [0.25, 0.3) is 6.08 Å². The first-order valence-corrected chi connectivity index (χ1v) is 6.50. The number of carbonyl (C=O) groups is 1. The van der Waals surface area contributed by atoms with Gasteiger partial charge in [0, 0.05) is 10.6 Å². The molecule has 0 unspecified atom stereocenters. The first-order valence-electron chi connectivity index (χ1n) is 5.75. The zero-order chi connectivity index (χ0) is 14.6. The van der Waals surface area contributed by atoms with Crippen molar-refractivity contribution in [2.24, 2.45) is 0 Å². The number of rotatable bonds is 3. The fraction of sp³-hybridized carbons (Fsp3) is 0.357. The Bertz CT molecular complexity index is 502. The molecule has 0 aliphatic heterocycles. The predicted octanol–water partition coefficient (Wildman–Crippen LogP) is 3.95. The molecule has 104 valence electrons. The summed E-state index contributed by atoms with van der Waals surface area (Å²) < 4.78 is 5.26. The van der Waals surface area contributed by atoms with Gasteiger partial charge in [0.05, 0.1) is 17.2 Å². The maximum atomic E-state index is 12.0. The van der Waals surface area contributed by atoms with Crippen LogP contribution >= 0.6 is 23.2 Å². The van der Waals surface area contributed by atoms with E-state index >= 15 is 0 Å². The monoisotopic (exact) mass is 302 g/mol. The third kappa shape index (κ3) is 4.53. The van der Waals surface area contributed by atoms with Crippen LogP contribution in [0.2, 0.25) is 10.0 Å². The van der Waals surface area contributed by atoms with Gasteiger partial charge in [-0.2, -0.15) is 0 Å². The fourth-order valence-corrected chi connectivity index (χ4v) is 1.96. The average Bonchev–Trinajstić information content (AvgIpc) is 2.26. The van der Waals surface area contributed by atoms with Crippen LogP contribution in [0.4, 0.5) is 0 Å². The Hall–Kier alpha value is -1.03. The molecule has 0 aromatic heterocycles. The molecule has 0 spiro atoms. The standard InChI is InChI=1S/C14H16Cl2O3/c1-14(2,3)19-13(18)10-6-7-11(15)9(12(10)16)5-4-8-17/h4-7,17H,8H2,1-3H3. The van der Waals surface area contributed by atoms with Crippen molar-refractivity contribution >= 4 is 35.2 Å². The minimum Gasteiger partial charge on any atom is -0.456 e. The third-order valence-corrected chi connectivity index (χ3v) is 2.87. The van der Waals surface area contributed by atoms with E-state index in [4.69, 9.17) is 33.0 Å². The molecule has 0 bridgehead atoms. The number of hydrogen-bond donors (Lipinski definition) is 1. The Morgan fingerprint density at radius 2 is 2.00 bits per heavy atom. The number of aliphatic hydroxyl groups is 1. The summed E-state index contributed by atoms with van der Waals surface area (Å²) >= 11 is 12.2. The van der Waals surface area contributed by atoms with Gasteiger partial charge in [-0.05, 0) is 32.9 Å². The van der Waals surface area contributed by atoms with E-state index in [1.165, 1.54) is 12.1 Å². The topological polar surface area (TPSA) is 46.5 Å². The van der Waals surface area contributed by atoms with Gasteiger partial charge in [0.25, 0.3) is 0 Å². The van der Waals surface area contributed by atoms with E-state index in [2.05, 4.69) is 0 Å². The highest BCUT2D eigenvalue weighted by molar-refractivity contribution is 6.39. The van der Waals surface area contributed by atoms with Crippen molar-refractivity contribution in [1.82, 2.24) is 0 Å². The summed E-state index contributed by atoms with van der Waals surface area (Å²) in [5.41, 5.74) is 0.139. The smallest absolute Gasteiger partial charge is 0.340 e. The molecule has 0 radical (unpaired) electrons. The number of aliphatic hydroxyl groups excluding tert-OH is 1. The highest BCUT2D eigenvalue weighted by atomic mass is 35.5. The molecule has 1 aromatic rings. The summed E-state index contributed by atoms with van der Waals surface area (Å²) in [6.45, 7) is 5.20. The van der Waals surface area contributed by atoms with Crippen molar-refractivity contribution in [3.05, 3.63) is 39.4 Å². The van der Waals surface area contributed by atoms with Crippen molar-refractivity contribution < 1.29 is 14.6 Å². The molecule has 1 aromatic carbocycles. The lowest BCUT2D eigenvalue weighted by Gasteiger charge is -2.20. The third-order valence-electron chi connectivity index (χ3n) is 2.14. The Labute approximate surface area is 122 Å². The molecule has 0 atom stereocenters. The molecule has 5 heteroatoms. The number of halogens is 2. The largest absolute Gasteiger partial charge is 0.456 e. The van der Waals surface area contributed by atoms with Crippen LogP contribution in [0.15, 0.2) is 18.2 Å². The summed E-state index contributed by atoms with van der Waals surface area (Å²) in [5, 5.41) is 9.40. The second-order valence-corrected chi connectivity index (χ2v) is 5.69. The van der Waals surface area contributed by atoms with Gasteiger partial charge in [-0.25, -0.2) is 4.79 Å². The molecule has 0 saturated heterocycles. The maximum absolute atomic E-state index is 12.0. The average molecular weight is 303 g/mol. The van der Waals surface area contributed by atoms with Crippen LogP contribution < -0.4 is 0 Å². The van der Waals surface area contributed by atoms with E-state index in [1.54, 1.807) is 32.9 Å². The summed E-state index contributed by atoms with van der Waals surface area (Å²) in [6.07, 6.45) is 3.06. The van der Waals surface area contributed by atoms with Crippen LogP contribution in [0.5, 0.6) is 0 Å².